The predicted molar refractivity (Wildman–Crippen MR) is 68.2 cm³/mol. The highest BCUT2D eigenvalue weighted by atomic mass is 32.2. The first-order valence-electron chi connectivity index (χ1n) is 5.58. The fourth-order valence-electron chi connectivity index (χ4n) is 1.40. The molecule has 1 rings (SSSR count). The minimum atomic E-state index is -3.88. The van der Waals surface area contributed by atoms with Crippen LogP contribution in [-0.4, -0.2) is 72.0 Å². The maximum absolute atomic E-state index is 12.3. The molecular formula is C10H18N4O4S. The monoisotopic (exact) mass is 290 g/mol. The molecule has 0 aliphatic heterocycles. The van der Waals surface area contributed by atoms with Crippen LogP contribution in [0, 0.1) is 0 Å². The lowest BCUT2D eigenvalue weighted by Gasteiger charge is -2.20. The van der Waals surface area contributed by atoms with E-state index in [1.807, 2.05) is 0 Å². The Morgan fingerprint density at radius 1 is 1.42 bits per heavy atom. The Morgan fingerprint density at radius 3 is 2.47 bits per heavy atom. The molecule has 19 heavy (non-hydrogen) atoms. The fraction of sp³-hybridized carbons (Fsp3) is 0.600. The van der Waals surface area contributed by atoms with Crippen LogP contribution in [0.25, 0.3) is 0 Å². The molecule has 9 heteroatoms. The number of carbonyl (C=O) groups is 1. The Morgan fingerprint density at radius 2 is 2.05 bits per heavy atom. The van der Waals surface area contributed by atoms with Crippen LogP contribution in [0.1, 0.15) is 0 Å². The van der Waals surface area contributed by atoms with Crippen LogP contribution in [0.5, 0.6) is 0 Å². The fourth-order valence-corrected chi connectivity index (χ4v) is 2.75. The molecule has 0 radical (unpaired) electrons. The van der Waals surface area contributed by atoms with Gasteiger partial charge in [-0.05, 0) is 14.1 Å². The summed E-state index contributed by atoms with van der Waals surface area (Å²) in [7, 11) is 1.34. The van der Waals surface area contributed by atoms with Gasteiger partial charge in [0.05, 0.1) is 6.33 Å². The lowest BCUT2D eigenvalue weighted by Crippen LogP contribution is -2.40. The van der Waals surface area contributed by atoms with Gasteiger partial charge >= 0.3 is 5.97 Å². The number of aryl methyl sites for hydroxylation is 1. The summed E-state index contributed by atoms with van der Waals surface area (Å²) in [6.07, 6.45) is 2.71. The Kier molecular flexibility index (Phi) is 5.04. The third-order valence-corrected chi connectivity index (χ3v) is 4.12. The van der Waals surface area contributed by atoms with Crippen molar-refractivity contribution in [3.8, 4) is 0 Å². The van der Waals surface area contributed by atoms with Crippen molar-refractivity contribution in [2.75, 3.05) is 33.7 Å². The average Bonchev–Trinajstić information content (AvgIpc) is 2.70. The molecule has 0 amide bonds. The molecule has 0 fully saturated rings. The molecule has 0 bridgehead atoms. The molecule has 0 saturated heterocycles. The van der Waals surface area contributed by atoms with Crippen LogP contribution in [0.2, 0.25) is 0 Å². The Balaban J connectivity index is 2.98. The highest BCUT2D eigenvalue weighted by Crippen LogP contribution is 2.12. The van der Waals surface area contributed by atoms with E-state index in [4.69, 9.17) is 5.11 Å². The maximum atomic E-state index is 12.3. The van der Waals surface area contributed by atoms with Crippen molar-refractivity contribution in [2.24, 2.45) is 7.05 Å². The number of sulfonamides is 1. The number of hydrogen-bond acceptors (Lipinski definition) is 5. The number of carboxylic acid groups (broad SMARTS) is 1. The second-order valence-corrected chi connectivity index (χ2v) is 6.30. The van der Waals surface area contributed by atoms with E-state index in [1.54, 1.807) is 26.0 Å². The Bertz CT molecular complexity index is 537. The third kappa shape index (κ3) is 4.30. The van der Waals surface area contributed by atoms with E-state index in [2.05, 4.69) is 4.98 Å². The largest absolute Gasteiger partial charge is 0.480 e. The van der Waals surface area contributed by atoms with Gasteiger partial charge in [0.15, 0.2) is 5.03 Å². The molecule has 0 aliphatic rings. The van der Waals surface area contributed by atoms with E-state index in [0.717, 1.165) is 4.31 Å². The van der Waals surface area contributed by atoms with Gasteiger partial charge in [0.2, 0.25) is 0 Å². The van der Waals surface area contributed by atoms with Gasteiger partial charge in [-0.2, -0.15) is 4.31 Å². The van der Waals surface area contributed by atoms with Crippen molar-refractivity contribution >= 4 is 16.0 Å². The number of nitrogens with zero attached hydrogens (tertiary/aromatic N) is 4. The van der Waals surface area contributed by atoms with E-state index in [-0.39, 0.29) is 11.6 Å². The van der Waals surface area contributed by atoms with Gasteiger partial charge in [-0.3, -0.25) is 4.79 Å². The van der Waals surface area contributed by atoms with E-state index >= 15 is 0 Å². The van der Waals surface area contributed by atoms with Gasteiger partial charge in [0.1, 0.15) is 6.54 Å². The van der Waals surface area contributed by atoms with Crippen LogP contribution in [0.4, 0.5) is 0 Å². The maximum Gasteiger partial charge on any atom is 0.318 e. The van der Waals surface area contributed by atoms with Crippen LogP contribution in [0.15, 0.2) is 17.6 Å². The number of hydrogen-bond donors (Lipinski definition) is 1. The summed E-state index contributed by atoms with van der Waals surface area (Å²) in [5.41, 5.74) is 0. The van der Waals surface area contributed by atoms with Gasteiger partial charge in [-0.25, -0.2) is 13.4 Å². The number of aliphatic carboxylic acids is 1. The molecule has 0 saturated carbocycles. The molecule has 108 valence electrons. The smallest absolute Gasteiger partial charge is 0.318 e. The molecule has 1 N–H and O–H groups in total. The molecule has 1 heterocycles. The summed E-state index contributed by atoms with van der Waals surface area (Å²) in [4.78, 5) is 16.3. The number of aromatic nitrogens is 2. The van der Waals surface area contributed by atoms with Crippen molar-refractivity contribution in [2.45, 2.75) is 5.03 Å². The van der Waals surface area contributed by atoms with E-state index in [1.165, 1.54) is 17.1 Å². The average molecular weight is 290 g/mol. The van der Waals surface area contributed by atoms with Crippen LogP contribution in [0.3, 0.4) is 0 Å². The van der Waals surface area contributed by atoms with Crippen molar-refractivity contribution in [1.82, 2.24) is 18.8 Å². The zero-order chi connectivity index (χ0) is 14.6. The molecule has 8 nitrogen and oxygen atoms in total. The van der Waals surface area contributed by atoms with Crippen LogP contribution < -0.4 is 0 Å². The third-order valence-electron chi connectivity index (χ3n) is 2.39. The van der Waals surface area contributed by atoms with E-state index in [9.17, 15) is 13.2 Å². The number of rotatable bonds is 7. The second-order valence-electron chi connectivity index (χ2n) is 4.41. The zero-order valence-electron chi connectivity index (χ0n) is 11.1. The van der Waals surface area contributed by atoms with Crippen molar-refractivity contribution in [1.29, 1.82) is 0 Å². The van der Waals surface area contributed by atoms with Crippen LogP contribution in [-0.2, 0) is 21.9 Å². The molecule has 0 unspecified atom stereocenters. The summed E-state index contributed by atoms with van der Waals surface area (Å²) in [5, 5.41) is 8.68. The van der Waals surface area contributed by atoms with E-state index < -0.39 is 22.5 Å². The van der Waals surface area contributed by atoms with Gasteiger partial charge in [0.25, 0.3) is 10.0 Å². The highest BCUT2D eigenvalue weighted by Gasteiger charge is 2.28. The summed E-state index contributed by atoms with van der Waals surface area (Å²) >= 11 is 0. The first-order valence-corrected chi connectivity index (χ1v) is 7.02. The SMILES string of the molecule is CN(C)CCN(CC(=O)O)S(=O)(=O)c1cn(C)cn1. The molecular weight excluding hydrogens is 272 g/mol. The summed E-state index contributed by atoms with van der Waals surface area (Å²) in [6.45, 7) is -0.0513. The molecule has 1 aromatic heterocycles. The number of carboxylic acids is 1. The highest BCUT2D eigenvalue weighted by molar-refractivity contribution is 7.89. The molecule has 0 aromatic carbocycles. The minimum absolute atomic E-state index is 0.0954. The molecule has 0 spiro atoms. The number of likely N-dealkylation sites (N-methyl/N-ethyl adjacent to an activating group) is 1. The van der Waals surface area contributed by atoms with Gasteiger partial charge in [0, 0.05) is 26.3 Å². The molecule has 0 aliphatic carbocycles. The minimum Gasteiger partial charge on any atom is -0.480 e. The summed E-state index contributed by atoms with van der Waals surface area (Å²) in [6, 6.07) is 0. The predicted octanol–water partition coefficient (Wildman–Crippen LogP) is -0.943. The first kappa shape index (κ1) is 15.6. The Hall–Kier alpha value is -1.45. The van der Waals surface area contributed by atoms with Gasteiger partial charge in [-0.15, -0.1) is 0 Å². The summed E-state index contributed by atoms with van der Waals surface area (Å²) < 4.78 is 26.9. The lowest BCUT2D eigenvalue weighted by molar-refractivity contribution is -0.137. The number of imidazole rings is 1. The van der Waals surface area contributed by atoms with Crippen molar-refractivity contribution in [3.63, 3.8) is 0 Å². The Labute approximate surface area is 112 Å². The normalized spacial score (nSPS) is 12.3. The second kappa shape index (κ2) is 6.13. The van der Waals surface area contributed by atoms with Gasteiger partial charge in [-0.1, -0.05) is 0 Å². The topological polar surface area (TPSA) is 95.7 Å². The molecule has 1 aromatic rings. The molecule has 0 atom stereocenters. The van der Waals surface area contributed by atoms with Crippen molar-refractivity contribution in [3.05, 3.63) is 12.5 Å². The summed E-state index contributed by atoms with van der Waals surface area (Å²) in [5.74, 6) is -1.20. The van der Waals surface area contributed by atoms with Crippen LogP contribution >= 0.6 is 0 Å². The van der Waals surface area contributed by atoms with Gasteiger partial charge < -0.3 is 14.6 Å². The van der Waals surface area contributed by atoms with Crippen molar-refractivity contribution < 1.29 is 18.3 Å². The first-order chi connectivity index (χ1) is 8.73. The standard InChI is InChI=1S/C10H18N4O4S/c1-12(2)4-5-14(7-10(15)16)19(17,18)9-6-13(3)8-11-9/h6,8H,4-5,7H2,1-3H3,(H,15,16). The lowest BCUT2D eigenvalue weighted by atomic mass is 10.5. The zero-order valence-corrected chi connectivity index (χ0v) is 12.0. The quantitative estimate of drug-likeness (QED) is 0.696. The van der Waals surface area contributed by atoms with E-state index in [0.29, 0.717) is 6.54 Å².